The van der Waals surface area contributed by atoms with Crippen molar-refractivity contribution in [1.29, 1.82) is 0 Å². The number of hydrogen-bond acceptors (Lipinski definition) is 3. The van der Waals surface area contributed by atoms with Gasteiger partial charge in [0.25, 0.3) is 0 Å². The van der Waals surface area contributed by atoms with Gasteiger partial charge in [-0.25, -0.2) is 13.2 Å². The molecule has 1 aromatic rings. The Kier molecular flexibility index (Phi) is 5.49. The van der Waals surface area contributed by atoms with Crippen LogP contribution in [0, 0.1) is 17.5 Å². The smallest absolute Gasteiger partial charge is 0.237 e. The minimum atomic E-state index is -1.62. The van der Waals surface area contributed by atoms with Gasteiger partial charge in [-0.1, -0.05) is 0 Å². The summed E-state index contributed by atoms with van der Waals surface area (Å²) in [4.78, 5) is 11.6. The number of rotatable bonds is 5. The highest BCUT2D eigenvalue weighted by Gasteiger charge is 2.18. The number of hydrogen-bond donors (Lipinski definition) is 2. The van der Waals surface area contributed by atoms with E-state index in [2.05, 4.69) is 5.32 Å². The van der Waals surface area contributed by atoms with Crippen LogP contribution in [0.2, 0.25) is 0 Å². The number of anilines is 1. The lowest BCUT2D eigenvalue weighted by Gasteiger charge is -2.12. The molecule has 0 unspecified atom stereocenters. The summed E-state index contributed by atoms with van der Waals surface area (Å²) in [5.74, 6) is -4.55. The quantitative estimate of drug-likeness (QED) is 0.812. The van der Waals surface area contributed by atoms with Gasteiger partial charge in [-0.3, -0.25) is 4.79 Å². The fourth-order valence-electron chi connectivity index (χ4n) is 1.16. The summed E-state index contributed by atoms with van der Waals surface area (Å²) in [6.07, 6.45) is 0. The molecule has 0 spiro atoms. The highest BCUT2D eigenvalue weighted by molar-refractivity contribution is 8.00. The van der Waals surface area contributed by atoms with Crippen LogP contribution in [-0.2, 0) is 4.79 Å². The first kappa shape index (κ1) is 14.8. The number of nitrogens with one attached hydrogen (secondary N) is 1. The highest BCUT2D eigenvalue weighted by atomic mass is 32.2. The van der Waals surface area contributed by atoms with Crippen molar-refractivity contribution in [2.45, 2.75) is 12.2 Å². The minimum Gasteiger partial charge on any atom is -0.396 e. The van der Waals surface area contributed by atoms with E-state index in [0.717, 1.165) is 23.9 Å². The third-order valence-electron chi connectivity index (χ3n) is 2.12. The van der Waals surface area contributed by atoms with Gasteiger partial charge in [0.2, 0.25) is 5.91 Å². The second-order valence-electron chi connectivity index (χ2n) is 3.45. The fourth-order valence-corrected chi connectivity index (χ4v) is 1.83. The molecule has 3 nitrogen and oxygen atoms in total. The van der Waals surface area contributed by atoms with Crippen molar-refractivity contribution in [3.05, 3.63) is 29.6 Å². The molecule has 0 saturated carbocycles. The predicted octanol–water partition coefficient (Wildman–Crippen LogP) is 2.16. The number of carbonyl (C=O) groups excluding carboxylic acids is 1. The molecule has 7 heteroatoms. The van der Waals surface area contributed by atoms with Gasteiger partial charge < -0.3 is 10.4 Å². The van der Waals surface area contributed by atoms with Crippen molar-refractivity contribution < 1.29 is 23.1 Å². The summed E-state index contributed by atoms with van der Waals surface area (Å²) in [5.41, 5.74) is -0.407. The first-order valence-electron chi connectivity index (χ1n) is 5.14. The van der Waals surface area contributed by atoms with E-state index in [0.29, 0.717) is 5.75 Å². The topological polar surface area (TPSA) is 49.3 Å². The number of aliphatic hydroxyl groups is 1. The van der Waals surface area contributed by atoms with Crippen molar-refractivity contribution in [3.63, 3.8) is 0 Å². The summed E-state index contributed by atoms with van der Waals surface area (Å²) >= 11 is 1.16. The first-order chi connectivity index (χ1) is 8.47. The molecule has 1 aromatic carbocycles. The molecule has 100 valence electrons. The maximum absolute atomic E-state index is 13.3. The van der Waals surface area contributed by atoms with Crippen LogP contribution in [0.5, 0.6) is 0 Å². The van der Waals surface area contributed by atoms with E-state index in [1.54, 1.807) is 6.92 Å². The Balaban J connectivity index is 2.73. The van der Waals surface area contributed by atoms with E-state index in [1.807, 2.05) is 0 Å². The molecule has 1 atom stereocenters. The molecule has 1 rings (SSSR count). The Bertz CT molecular complexity index is 443. The lowest BCUT2D eigenvalue weighted by Crippen LogP contribution is -2.24. The van der Waals surface area contributed by atoms with Crippen LogP contribution < -0.4 is 5.32 Å². The van der Waals surface area contributed by atoms with E-state index in [4.69, 9.17) is 5.11 Å². The third kappa shape index (κ3) is 3.64. The third-order valence-corrected chi connectivity index (χ3v) is 3.25. The molecule has 0 aromatic heterocycles. The molecular formula is C11H12F3NO2S. The van der Waals surface area contributed by atoms with Crippen molar-refractivity contribution in [1.82, 2.24) is 0 Å². The van der Waals surface area contributed by atoms with Gasteiger partial charge in [-0.2, -0.15) is 0 Å². The van der Waals surface area contributed by atoms with Gasteiger partial charge in [-0.05, 0) is 19.1 Å². The number of thioether (sulfide) groups is 1. The Morgan fingerprint density at radius 3 is 2.67 bits per heavy atom. The Hall–Kier alpha value is -1.21. The normalized spacial score (nSPS) is 12.3. The average molecular weight is 279 g/mol. The molecule has 0 heterocycles. The van der Waals surface area contributed by atoms with E-state index in [9.17, 15) is 18.0 Å². The monoisotopic (exact) mass is 279 g/mol. The molecule has 0 radical (unpaired) electrons. The van der Waals surface area contributed by atoms with Gasteiger partial charge in [0, 0.05) is 5.75 Å². The second kappa shape index (κ2) is 6.65. The maximum Gasteiger partial charge on any atom is 0.237 e. The number of carbonyl (C=O) groups is 1. The largest absolute Gasteiger partial charge is 0.396 e. The van der Waals surface area contributed by atoms with Crippen LogP contribution in [0.4, 0.5) is 18.9 Å². The van der Waals surface area contributed by atoms with Crippen LogP contribution in [-0.4, -0.2) is 28.6 Å². The zero-order valence-corrected chi connectivity index (χ0v) is 10.4. The van der Waals surface area contributed by atoms with Gasteiger partial charge in [0.1, 0.15) is 0 Å². The molecule has 0 aliphatic heterocycles. The lowest BCUT2D eigenvalue weighted by molar-refractivity contribution is -0.115. The minimum absolute atomic E-state index is 0.0815. The number of amides is 1. The van der Waals surface area contributed by atoms with E-state index in [-0.39, 0.29) is 6.61 Å². The molecule has 18 heavy (non-hydrogen) atoms. The van der Waals surface area contributed by atoms with Crippen molar-refractivity contribution in [2.24, 2.45) is 0 Å². The average Bonchev–Trinajstić information content (AvgIpc) is 2.36. The summed E-state index contributed by atoms with van der Waals surface area (Å²) in [7, 11) is 0. The standard InChI is InChI=1S/C11H12F3NO2S/c1-6(18-5-4-16)11(17)15-8-3-2-7(12)9(13)10(8)14/h2-3,6,16H,4-5H2,1H3,(H,15,17)/t6-/m0/s1. The SMILES string of the molecule is C[C@H](SCCO)C(=O)Nc1ccc(F)c(F)c1F. The molecule has 1 amide bonds. The summed E-state index contributed by atoms with van der Waals surface area (Å²) < 4.78 is 38.8. The van der Waals surface area contributed by atoms with Crippen molar-refractivity contribution in [2.75, 3.05) is 17.7 Å². The van der Waals surface area contributed by atoms with Crippen LogP contribution >= 0.6 is 11.8 Å². The van der Waals surface area contributed by atoms with E-state index < -0.39 is 34.3 Å². The summed E-state index contributed by atoms with van der Waals surface area (Å²) in [5, 5.41) is 10.2. The van der Waals surface area contributed by atoms with Crippen LogP contribution in [0.15, 0.2) is 12.1 Å². The Morgan fingerprint density at radius 2 is 2.06 bits per heavy atom. The van der Waals surface area contributed by atoms with E-state index in [1.165, 1.54) is 0 Å². The zero-order valence-electron chi connectivity index (χ0n) is 9.54. The van der Waals surface area contributed by atoms with Crippen LogP contribution in [0.1, 0.15) is 6.92 Å². The fraction of sp³-hybridized carbons (Fsp3) is 0.364. The number of aliphatic hydroxyl groups excluding tert-OH is 1. The molecule has 0 aliphatic carbocycles. The number of halogens is 3. The second-order valence-corrected chi connectivity index (χ2v) is 4.90. The molecule has 0 bridgehead atoms. The van der Waals surface area contributed by atoms with Gasteiger partial charge in [0.15, 0.2) is 17.5 Å². The molecule has 2 N–H and O–H groups in total. The van der Waals surface area contributed by atoms with Crippen molar-refractivity contribution >= 4 is 23.4 Å². The lowest BCUT2D eigenvalue weighted by atomic mass is 10.2. The van der Waals surface area contributed by atoms with Gasteiger partial charge in [-0.15, -0.1) is 11.8 Å². The zero-order chi connectivity index (χ0) is 13.7. The first-order valence-corrected chi connectivity index (χ1v) is 6.19. The molecule has 0 saturated heterocycles. The van der Waals surface area contributed by atoms with Crippen molar-refractivity contribution in [3.8, 4) is 0 Å². The number of benzene rings is 1. The summed E-state index contributed by atoms with van der Waals surface area (Å²) in [6, 6.07) is 1.69. The maximum atomic E-state index is 13.3. The van der Waals surface area contributed by atoms with Crippen LogP contribution in [0.25, 0.3) is 0 Å². The summed E-state index contributed by atoms with van der Waals surface area (Å²) in [6.45, 7) is 1.48. The van der Waals surface area contributed by atoms with Gasteiger partial charge >= 0.3 is 0 Å². The van der Waals surface area contributed by atoms with Gasteiger partial charge in [0.05, 0.1) is 17.5 Å². The van der Waals surface area contributed by atoms with Crippen LogP contribution in [0.3, 0.4) is 0 Å². The van der Waals surface area contributed by atoms with E-state index >= 15 is 0 Å². The Morgan fingerprint density at radius 1 is 1.39 bits per heavy atom. The highest BCUT2D eigenvalue weighted by Crippen LogP contribution is 2.21. The Labute approximate surface area is 106 Å². The molecule has 0 aliphatic rings. The predicted molar refractivity (Wildman–Crippen MR) is 64.0 cm³/mol. The molecule has 0 fully saturated rings. The molecular weight excluding hydrogens is 267 g/mol.